The predicted octanol–water partition coefficient (Wildman–Crippen LogP) is 4.08. The second-order valence-electron chi connectivity index (χ2n) is 3.60. The third-order valence-corrected chi connectivity index (χ3v) is 6.84. The molecule has 0 aromatic rings. The quantitative estimate of drug-likeness (QED) is 0.471. The molecule has 1 aliphatic carbocycles. The zero-order valence-corrected chi connectivity index (χ0v) is 10.0. The van der Waals surface area contributed by atoms with Crippen LogP contribution in [0.15, 0.2) is 0 Å². The van der Waals surface area contributed by atoms with Crippen LogP contribution in [-0.4, -0.2) is 6.00 Å². The van der Waals surface area contributed by atoms with Gasteiger partial charge in [0.1, 0.15) is 0 Å². The van der Waals surface area contributed by atoms with E-state index in [9.17, 15) is 0 Å². The maximum Gasteiger partial charge on any atom is 0.344 e. The molecular formula is C7H13Cl3Si. The Labute approximate surface area is 83.3 Å². The lowest BCUT2D eigenvalue weighted by atomic mass is 10.1. The number of hydrogen-bond acceptors (Lipinski definition) is 0. The summed E-state index contributed by atoms with van der Waals surface area (Å²) < 4.78 is 0. The fourth-order valence-corrected chi connectivity index (χ4v) is 7.59. The molecule has 0 saturated heterocycles. The van der Waals surface area contributed by atoms with E-state index in [-0.39, 0.29) is 0 Å². The van der Waals surface area contributed by atoms with Crippen LogP contribution in [0.1, 0.15) is 26.7 Å². The van der Waals surface area contributed by atoms with Crippen LogP contribution >= 0.6 is 33.2 Å². The van der Waals surface area contributed by atoms with E-state index in [0.29, 0.717) is 17.4 Å². The van der Waals surface area contributed by atoms with Crippen molar-refractivity contribution in [1.82, 2.24) is 0 Å². The third kappa shape index (κ3) is 2.27. The molecule has 66 valence electrons. The second kappa shape index (κ2) is 3.45. The van der Waals surface area contributed by atoms with E-state index in [0.717, 1.165) is 0 Å². The van der Waals surface area contributed by atoms with Crippen molar-refractivity contribution < 1.29 is 0 Å². The topological polar surface area (TPSA) is 0 Å². The summed E-state index contributed by atoms with van der Waals surface area (Å²) in [7, 11) is 0. The first-order valence-electron chi connectivity index (χ1n) is 3.99. The summed E-state index contributed by atoms with van der Waals surface area (Å²) in [5.74, 6) is 1.23. The van der Waals surface area contributed by atoms with Gasteiger partial charge in [-0.15, -0.1) is 33.2 Å². The van der Waals surface area contributed by atoms with Crippen molar-refractivity contribution in [3.05, 3.63) is 0 Å². The average molecular weight is 232 g/mol. The van der Waals surface area contributed by atoms with Gasteiger partial charge in [0.15, 0.2) is 0 Å². The fraction of sp³-hybridized carbons (Fsp3) is 1.00. The minimum atomic E-state index is -2.43. The van der Waals surface area contributed by atoms with Crippen molar-refractivity contribution in [2.45, 2.75) is 32.2 Å². The molecule has 0 aliphatic heterocycles. The Morgan fingerprint density at radius 1 is 1.00 bits per heavy atom. The first kappa shape index (κ1) is 10.2. The molecule has 1 rings (SSSR count). The van der Waals surface area contributed by atoms with Crippen LogP contribution in [-0.2, 0) is 0 Å². The summed E-state index contributed by atoms with van der Waals surface area (Å²) in [6, 6.07) is -2.43. The van der Waals surface area contributed by atoms with E-state index >= 15 is 0 Å². The average Bonchev–Trinajstić information content (AvgIpc) is 2.08. The monoisotopic (exact) mass is 230 g/mol. The lowest BCUT2D eigenvalue weighted by Crippen LogP contribution is -2.25. The summed E-state index contributed by atoms with van der Waals surface area (Å²) in [6.07, 6.45) is 2.46. The highest BCUT2D eigenvalue weighted by molar-refractivity contribution is 7.65. The molecule has 1 saturated carbocycles. The molecule has 2 atom stereocenters. The molecule has 1 fully saturated rings. The normalized spacial score (nSPS) is 39.5. The van der Waals surface area contributed by atoms with Crippen LogP contribution in [0.25, 0.3) is 0 Å². The van der Waals surface area contributed by atoms with Crippen molar-refractivity contribution >= 4 is 39.2 Å². The molecule has 0 radical (unpaired) electrons. The third-order valence-electron chi connectivity index (χ3n) is 2.68. The lowest BCUT2D eigenvalue weighted by Gasteiger charge is -2.24. The molecule has 4 heteroatoms. The van der Waals surface area contributed by atoms with E-state index in [1.807, 2.05) is 0 Å². The van der Waals surface area contributed by atoms with Gasteiger partial charge in [-0.1, -0.05) is 26.7 Å². The van der Waals surface area contributed by atoms with Gasteiger partial charge < -0.3 is 0 Å². The summed E-state index contributed by atoms with van der Waals surface area (Å²) in [4.78, 5) is 0. The van der Waals surface area contributed by atoms with Crippen molar-refractivity contribution in [2.24, 2.45) is 11.8 Å². The van der Waals surface area contributed by atoms with Crippen LogP contribution in [0, 0.1) is 11.8 Å². The maximum absolute atomic E-state index is 6.00. The van der Waals surface area contributed by atoms with Gasteiger partial charge in [0.25, 0.3) is 0 Å². The van der Waals surface area contributed by atoms with Gasteiger partial charge in [0.2, 0.25) is 0 Å². The van der Waals surface area contributed by atoms with Gasteiger partial charge in [-0.05, 0) is 17.4 Å². The van der Waals surface area contributed by atoms with Crippen molar-refractivity contribution in [1.29, 1.82) is 0 Å². The number of halogens is 3. The second-order valence-corrected chi connectivity index (χ2v) is 12.5. The zero-order chi connectivity index (χ0) is 8.65. The zero-order valence-electron chi connectivity index (χ0n) is 6.78. The van der Waals surface area contributed by atoms with Gasteiger partial charge in [0.05, 0.1) is 0 Å². The number of rotatable bonds is 1. The van der Waals surface area contributed by atoms with E-state index in [2.05, 4.69) is 13.8 Å². The van der Waals surface area contributed by atoms with Crippen molar-refractivity contribution in [3.8, 4) is 0 Å². The van der Waals surface area contributed by atoms with Crippen LogP contribution in [0.4, 0.5) is 0 Å². The van der Waals surface area contributed by atoms with E-state index in [1.165, 1.54) is 12.8 Å². The van der Waals surface area contributed by atoms with Crippen LogP contribution in [0.3, 0.4) is 0 Å². The fourth-order valence-electron chi connectivity index (χ4n) is 2.09. The summed E-state index contributed by atoms with van der Waals surface area (Å²) >= 11 is 18.0. The molecule has 0 bridgehead atoms. The first-order valence-corrected chi connectivity index (χ1v) is 9.11. The highest BCUT2D eigenvalue weighted by Crippen LogP contribution is 2.51. The Kier molecular flexibility index (Phi) is 3.19. The lowest BCUT2D eigenvalue weighted by molar-refractivity contribution is 0.548. The molecule has 0 heterocycles. The molecule has 0 nitrogen and oxygen atoms in total. The smallest absolute Gasteiger partial charge is 0.126 e. The van der Waals surface area contributed by atoms with Crippen molar-refractivity contribution in [2.75, 3.05) is 0 Å². The predicted molar refractivity (Wildman–Crippen MR) is 54.6 cm³/mol. The van der Waals surface area contributed by atoms with Crippen LogP contribution in [0.5, 0.6) is 0 Å². The molecule has 0 amide bonds. The molecule has 2 unspecified atom stereocenters. The molecule has 0 aromatic heterocycles. The van der Waals surface area contributed by atoms with E-state index < -0.39 is 6.00 Å². The molecule has 0 N–H and O–H groups in total. The molecule has 1 aliphatic rings. The SMILES string of the molecule is CC1CCC(C)C1[Si](Cl)(Cl)Cl. The summed E-state index contributed by atoms with van der Waals surface area (Å²) in [5.41, 5.74) is 0.382. The van der Waals surface area contributed by atoms with Crippen LogP contribution in [0.2, 0.25) is 5.54 Å². The molecule has 0 spiro atoms. The Bertz CT molecular complexity index is 133. The van der Waals surface area contributed by atoms with Gasteiger partial charge in [0, 0.05) is 0 Å². The Morgan fingerprint density at radius 2 is 1.36 bits per heavy atom. The molecular weight excluding hydrogens is 219 g/mol. The number of hydrogen-bond donors (Lipinski definition) is 0. The Morgan fingerprint density at radius 3 is 1.55 bits per heavy atom. The largest absolute Gasteiger partial charge is 0.344 e. The summed E-state index contributed by atoms with van der Waals surface area (Å²) in [6.45, 7) is 4.39. The van der Waals surface area contributed by atoms with Crippen molar-refractivity contribution in [3.63, 3.8) is 0 Å². The summed E-state index contributed by atoms with van der Waals surface area (Å²) in [5, 5.41) is 0. The van der Waals surface area contributed by atoms with Crippen LogP contribution < -0.4 is 0 Å². The van der Waals surface area contributed by atoms with E-state index in [4.69, 9.17) is 33.2 Å². The van der Waals surface area contributed by atoms with Gasteiger partial charge in [-0.2, -0.15) is 0 Å². The van der Waals surface area contributed by atoms with Gasteiger partial charge >= 0.3 is 6.00 Å². The van der Waals surface area contributed by atoms with E-state index in [1.54, 1.807) is 0 Å². The first-order chi connectivity index (χ1) is 4.93. The van der Waals surface area contributed by atoms with Gasteiger partial charge in [-0.25, -0.2) is 0 Å². The molecule has 11 heavy (non-hydrogen) atoms. The Hall–Kier alpha value is 1.09. The minimum absolute atomic E-state index is 0.382. The standard InChI is InChI=1S/C7H13Cl3Si/c1-5-3-4-6(2)7(5)11(8,9)10/h5-7H,3-4H2,1-2H3. The Balaban J connectivity index is 2.69. The van der Waals surface area contributed by atoms with Gasteiger partial charge in [-0.3, -0.25) is 0 Å². The maximum atomic E-state index is 6.00. The minimum Gasteiger partial charge on any atom is -0.126 e. The molecule has 0 aromatic carbocycles. The highest BCUT2D eigenvalue weighted by atomic mass is 35.8. The highest BCUT2D eigenvalue weighted by Gasteiger charge is 2.46.